The van der Waals surface area contributed by atoms with Gasteiger partial charge in [-0.15, -0.1) is 0 Å². The quantitative estimate of drug-likeness (QED) is 0.870. The van der Waals surface area contributed by atoms with Crippen LogP contribution in [0.15, 0.2) is 41.3 Å². The normalized spacial score (nSPS) is 18.2. The number of nitrogens with one attached hydrogen (secondary N) is 1. The second-order valence-corrected chi connectivity index (χ2v) is 7.81. The summed E-state index contributed by atoms with van der Waals surface area (Å²) in [5.74, 6) is -0.926. The van der Waals surface area contributed by atoms with Crippen LogP contribution in [0.5, 0.6) is 5.75 Å². The van der Waals surface area contributed by atoms with E-state index in [1.54, 1.807) is 12.1 Å². The Morgan fingerprint density at radius 3 is 2.75 bits per heavy atom. The highest BCUT2D eigenvalue weighted by atomic mass is 35.5. The van der Waals surface area contributed by atoms with E-state index in [0.717, 1.165) is 0 Å². The minimum absolute atomic E-state index is 0.000577. The van der Waals surface area contributed by atoms with Gasteiger partial charge in [0, 0.05) is 23.4 Å². The molecule has 6 nitrogen and oxygen atoms in total. The van der Waals surface area contributed by atoms with Crippen LogP contribution >= 0.6 is 11.6 Å². The number of benzene rings is 2. The van der Waals surface area contributed by atoms with Crippen LogP contribution in [0.1, 0.15) is 22.0 Å². The van der Waals surface area contributed by atoms with Crippen molar-refractivity contribution in [3.8, 4) is 5.75 Å². The fourth-order valence-corrected chi connectivity index (χ4v) is 4.54. The van der Waals surface area contributed by atoms with E-state index in [9.17, 15) is 18.3 Å². The molecule has 1 amide bonds. The summed E-state index contributed by atoms with van der Waals surface area (Å²) in [4.78, 5) is 12.4. The number of hydrogen-bond donors (Lipinski definition) is 2. The van der Waals surface area contributed by atoms with E-state index in [-0.39, 0.29) is 22.0 Å². The third kappa shape index (κ3) is 2.98. The zero-order valence-electron chi connectivity index (χ0n) is 12.6. The number of carbonyl (C=O) groups is 1. The molecule has 0 bridgehead atoms. The summed E-state index contributed by atoms with van der Waals surface area (Å²) >= 11 is 5.83. The van der Waals surface area contributed by atoms with E-state index in [4.69, 9.17) is 16.3 Å². The maximum absolute atomic E-state index is 12.3. The van der Waals surface area contributed by atoms with E-state index in [1.165, 1.54) is 31.4 Å². The molecule has 0 aromatic heterocycles. The number of halogens is 1. The molecule has 1 aliphatic heterocycles. The van der Waals surface area contributed by atoms with Crippen LogP contribution in [-0.2, 0) is 14.6 Å². The van der Waals surface area contributed by atoms with Crippen molar-refractivity contribution in [3.05, 3.63) is 52.5 Å². The molecule has 0 aliphatic carbocycles. The van der Waals surface area contributed by atoms with Crippen molar-refractivity contribution < 1.29 is 23.1 Å². The number of aromatic hydroxyl groups is 1. The number of amides is 1. The maximum atomic E-state index is 12.3. The van der Waals surface area contributed by atoms with Gasteiger partial charge >= 0.3 is 0 Å². The van der Waals surface area contributed by atoms with E-state index < -0.39 is 21.8 Å². The number of anilines is 1. The lowest BCUT2D eigenvalue weighted by atomic mass is 10.1. The molecule has 1 aliphatic rings. The largest absolute Gasteiger partial charge is 0.507 e. The van der Waals surface area contributed by atoms with Crippen molar-refractivity contribution in [1.29, 1.82) is 0 Å². The Labute approximate surface area is 143 Å². The zero-order valence-corrected chi connectivity index (χ0v) is 14.2. The van der Waals surface area contributed by atoms with Crippen molar-refractivity contribution in [1.82, 2.24) is 0 Å². The molecular formula is C16H14ClNO5S. The second-order valence-electron chi connectivity index (χ2n) is 5.37. The van der Waals surface area contributed by atoms with Gasteiger partial charge in [0.15, 0.2) is 9.84 Å². The van der Waals surface area contributed by atoms with Crippen LogP contribution in [0, 0.1) is 0 Å². The summed E-state index contributed by atoms with van der Waals surface area (Å²) in [6, 6.07) is 8.70. The first kappa shape index (κ1) is 16.8. The SMILES string of the molecule is CO[C@H]1CS(=O)(=O)c2cc(NC(=O)c3cc(Cl)ccc3O)ccc21. The van der Waals surface area contributed by atoms with Crippen molar-refractivity contribution in [2.75, 3.05) is 18.2 Å². The van der Waals surface area contributed by atoms with E-state index >= 15 is 0 Å². The summed E-state index contributed by atoms with van der Waals surface area (Å²) in [6.45, 7) is 0. The molecule has 3 rings (SSSR count). The fraction of sp³-hybridized carbons (Fsp3) is 0.188. The molecular weight excluding hydrogens is 354 g/mol. The highest BCUT2D eigenvalue weighted by molar-refractivity contribution is 7.91. The average Bonchev–Trinajstić information content (AvgIpc) is 2.80. The lowest BCUT2D eigenvalue weighted by Crippen LogP contribution is -2.12. The van der Waals surface area contributed by atoms with Crippen LogP contribution in [0.4, 0.5) is 5.69 Å². The predicted octanol–water partition coefficient (Wildman–Crippen LogP) is 2.77. The molecule has 0 saturated carbocycles. The van der Waals surface area contributed by atoms with Gasteiger partial charge in [0.25, 0.3) is 5.91 Å². The Balaban J connectivity index is 1.92. The molecule has 24 heavy (non-hydrogen) atoms. The van der Waals surface area contributed by atoms with Gasteiger partial charge in [-0.2, -0.15) is 0 Å². The van der Waals surface area contributed by atoms with Gasteiger partial charge in [0.1, 0.15) is 5.75 Å². The summed E-state index contributed by atoms with van der Waals surface area (Å²) in [7, 11) is -2.00. The molecule has 1 atom stereocenters. The first-order valence-corrected chi connectivity index (χ1v) is 9.04. The molecule has 0 fully saturated rings. The third-order valence-corrected chi connectivity index (χ3v) is 5.81. The lowest BCUT2D eigenvalue weighted by molar-refractivity contribution is 0.102. The molecule has 2 aromatic carbocycles. The van der Waals surface area contributed by atoms with Crippen molar-refractivity contribution in [2.45, 2.75) is 11.0 Å². The number of sulfone groups is 1. The maximum Gasteiger partial charge on any atom is 0.259 e. The number of carbonyl (C=O) groups excluding carboxylic acids is 1. The number of methoxy groups -OCH3 is 1. The minimum Gasteiger partial charge on any atom is -0.507 e. The first-order valence-electron chi connectivity index (χ1n) is 7.01. The summed E-state index contributed by atoms with van der Waals surface area (Å²) < 4.78 is 29.5. The number of rotatable bonds is 3. The number of hydrogen-bond acceptors (Lipinski definition) is 5. The van der Waals surface area contributed by atoms with Gasteiger partial charge in [0.2, 0.25) is 0 Å². The Hall–Kier alpha value is -2.09. The topological polar surface area (TPSA) is 92.7 Å². The molecule has 0 spiro atoms. The van der Waals surface area contributed by atoms with Crippen LogP contribution in [0.2, 0.25) is 5.02 Å². The Bertz CT molecular complexity index is 926. The second kappa shape index (κ2) is 6.08. The van der Waals surface area contributed by atoms with E-state index in [0.29, 0.717) is 16.3 Å². The van der Waals surface area contributed by atoms with Crippen LogP contribution in [0.3, 0.4) is 0 Å². The molecule has 2 aromatic rings. The number of phenols is 1. The molecule has 0 radical (unpaired) electrons. The van der Waals surface area contributed by atoms with Gasteiger partial charge < -0.3 is 15.2 Å². The highest BCUT2D eigenvalue weighted by Gasteiger charge is 2.35. The molecule has 8 heteroatoms. The average molecular weight is 368 g/mol. The molecule has 2 N–H and O–H groups in total. The van der Waals surface area contributed by atoms with Gasteiger partial charge in [0.05, 0.1) is 22.3 Å². The lowest BCUT2D eigenvalue weighted by Gasteiger charge is -2.10. The van der Waals surface area contributed by atoms with E-state index in [2.05, 4.69) is 5.32 Å². The zero-order chi connectivity index (χ0) is 17.5. The number of ether oxygens (including phenoxy) is 1. The minimum atomic E-state index is -3.45. The third-order valence-electron chi connectivity index (χ3n) is 3.81. The van der Waals surface area contributed by atoms with Crippen molar-refractivity contribution in [3.63, 3.8) is 0 Å². The molecule has 1 heterocycles. The van der Waals surface area contributed by atoms with Crippen LogP contribution in [-0.4, -0.2) is 32.3 Å². The van der Waals surface area contributed by atoms with Gasteiger partial charge in [-0.25, -0.2) is 8.42 Å². The van der Waals surface area contributed by atoms with Crippen LogP contribution in [0.25, 0.3) is 0 Å². The molecule has 126 valence electrons. The summed E-state index contributed by atoms with van der Waals surface area (Å²) in [6.07, 6.45) is -0.508. The number of phenolic OH excluding ortho intramolecular Hbond substituents is 1. The Kier molecular flexibility index (Phi) is 4.25. The first-order chi connectivity index (χ1) is 11.3. The number of fused-ring (bicyclic) bond motifs is 1. The summed E-state index contributed by atoms with van der Waals surface area (Å²) in [5, 5.41) is 12.6. The fourth-order valence-electron chi connectivity index (χ4n) is 2.61. The van der Waals surface area contributed by atoms with Crippen molar-refractivity contribution >= 4 is 33.0 Å². The monoisotopic (exact) mass is 367 g/mol. The highest BCUT2D eigenvalue weighted by Crippen LogP contribution is 2.37. The van der Waals surface area contributed by atoms with E-state index in [1.807, 2.05) is 0 Å². The Morgan fingerprint density at radius 1 is 1.29 bits per heavy atom. The van der Waals surface area contributed by atoms with Gasteiger partial charge in [-0.3, -0.25) is 4.79 Å². The van der Waals surface area contributed by atoms with Gasteiger partial charge in [-0.1, -0.05) is 17.7 Å². The van der Waals surface area contributed by atoms with Gasteiger partial charge in [-0.05, 0) is 30.3 Å². The van der Waals surface area contributed by atoms with Crippen LogP contribution < -0.4 is 5.32 Å². The Morgan fingerprint density at radius 2 is 2.04 bits per heavy atom. The standard InChI is InChI=1S/C16H14ClNO5S/c1-23-14-8-24(21,22)15-7-10(3-4-11(14)15)18-16(20)12-6-9(17)2-5-13(12)19/h2-7,14,19H,8H2,1H3,(H,18,20)/t14-/m0/s1. The molecule has 0 saturated heterocycles. The molecule has 0 unspecified atom stereocenters. The smallest absolute Gasteiger partial charge is 0.259 e. The summed E-state index contributed by atoms with van der Waals surface area (Å²) in [5.41, 5.74) is 0.875. The van der Waals surface area contributed by atoms with Crippen molar-refractivity contribution in [2.24, 2.45) is 0 Å². The predicted molar refractivity (Wildman–Crippen MR) is 89.3 cm³/mol.